The Morgan fingerprint density at radius 1 is 1.05 bits per heavy atom. The Bertz CT molecular complexity index is 523. The summed E-state index contributed by atoms with van der Waals surface area (Å²) in [6.07, 6.45) is -12.6. The summed E-state index contributed by atoms with van der Waals surface area (Å²) in [6.45, 7) is 0. The van der Waals surface area contributed by atoms with Gasteiger partial charge in [0.05, 0.1) is 4.92 Å². The molecule has 0 aliphatic carbocycles. The standard InChI is InChI=1S/C9H4F7NO3/c10-6-2-1-4(17(19)20)3-5(6)7(18,8(11,12)13)9(14,15)16/h1-3,18H. The summed E-state index contributed by atoms with van der Waals surface area (Å²) < 4.78 is 88.2. The van der Waals surface area contributed by atoms with E-state index in [0.717, 1.165) is 0 Å². The Hall–Kier alpha value is -1.91. The van der Waals surface area contributed by atoms with Crippen LogP contribution in [0.25, 0.3) is 0 Å². The number of alkyl halides is 6. The van der Waals surface area contributed by atoms with Crippen molar-refractivity contribution in [2.24, 2.45) is 0 Å². The highest BCUT2D eigenvalue weighted by atomic mass is 19.4. The second-order valence-corrected chi connectivity index (χ2v) is 3.63. The van der Waals surface area contributed by atoms with Gasteiger partial charge in [-0.05, 0) is 6.07 Å². The molecule has 0 saturated heterocycles. The Labute approximate surface area is 105 Å². The molecule has 20 heavy (non-hydrogen) atoms. The molecular weight excluding hydrogens is 303 g/mol. The van der Waals surface area contributed by atoms with Crippen molar-refractivity contribution in [3.8, 4) is 0 Å². The first-order chi connectivity index (χ1) is 8.82. The van der Waals surface area contributed by atoms with Crippen molar-refractivity contribution in [1.82, 2.24) is 0 Å². The van der Waals surface area contributed by atoms with Crippen LogP contribution < -0.4 is 0 Å². The molecule has 0 aliphatic rings. The van der Waals surface area contributed by atoms with Crippen LogP contribution in [0.1, 0.15) is 5.56 Å². The molecule has 4 nitrogen and oxygen atoms in total. The van der Waals surface area contributed by atoms with Gasteiger partial charge in [0, 0.05) is 17.7 Å². The zero-order valence-electron chi connectivity index (χ0n) is 9.09. The van der Waals surface area contributed by atoms with Crippen molar-refractivity contribution in [3.05, 3.63) is 39.7 Å². The highest BCUT2D eigenvalue weighted by Gasteiger charge is 2.72. The molecular formula is C9H4F7NO3. The first-order valence-corrected chi connectivity index (χ1v) is 4.62. The van der Waals surface area contributed by atoms with Crippen LogP contribution in [0.15, 0.2) is 18.2 Å². The fourth-order valence-corrected chi connectivity index (χ4v) is 1.37. The first-order valence-electron chi connectivity index (χ1n) is 4.62. The third-order valence-electron chi connectivity index (χ3n) is 2.37. The summed E-state index contributed by atoms with van der Waals surface area (Å²) in [7, 11) is 0. The SMILES string of the molecule is O=[N+]([O-])c1ccc(F)c(C(O)(C(F)(F)F)C(F)(F)F)c1. The molecule has 0 radical (unpaired) electrons. The molecule has 0 amide bonds. The normalized spacial score (nSPS) is 13.4. The highest BCUT2D eigenvalue weighted by Crippen LogP contribution is 2.51. The van der Waals surface area contributed by atoms with Gasteiger partial charge in [-0.1, -0.05) is 0 Å². The van der Waals surface area contributed by atoms with Gasteiger partial charge in [-0.3, -0.25) is 10.1 Å². The van der Waals surface area contributed by atoms with Crippen molar-refractivity contribution in [3.63, 3.8) is 0 Å². The Morgan fingerprint density at radius 2 is 1.50 bits per heavy atom. The quantitative estimate of drug-likeness (QED) is 0.519. The van der Waals surface area contributed by atoms with E-state index in [9.17, 15) is 40.8 Å². The van der Waals surface area contributed by atoms with Crippen LogP contribution in [0.3, 0.4) is 0 Å². The van der Waals surface area contributed by atoms with Crippen molar-refractivity contribution in [2.75, 3.05) is 0 Å². The second-order valence-electron chi connectivity index (χ2n) is 3.63. The van der Waals surface area contributed by atoms with Crippen LogP contribution in [0.5, 0.6) is 0 Å². The average molecular weight is 307 g/mol. The zero-order chi connectivity index (χ0) is 15.9. The Balaban J connectivity index is 3.67. The lowest BCUT2D eigenvalue weighted by molar-refractivity contribution is -0.387. The maximum Gasteiger partial charge on any atom is 0.430 e. The molecule has 1 aromatic rings. The molecule has 0 atom stereocenters. The van der Waals surface area contributed by atoms with Gasteiger partial charge in [0.2, 0.25) is 0 Å². The van der Waals surface area contributed by atoms with Gasteiger partial charge < -0.3 is 5.11 Å². The molecule has 112 valence electrons. The average Bonchev–Trinajstić information content (AvgIpc) is 2.25. The van der Waals surface area contributed by atoms with E-state index in [-0.39, 0.29) is 12.1 Å². The number of aliphatic hydroxyl groups is 1. The third kappa shape index (κ3) is 2.40. The molecule has 0 aliphatic heterocycles. The van der Waals surface area contributed by atoms with Gasteiger partial charge in [0.15, 0.2) is 0 Å². The lowest BCUT2D eigenvalue weighted by Gasteiger charge is -2.32. The van der Waals surface area contributed by atoms with Crippen molar-refractivity contribution < 1.29 is 40.8 Å². The van der Waals surface area contributed by atoms with Crippen LogP contribution in [0.4, 0.5) is 36.4 Å². The monoisotopic (exact) mass is 307 g/mol. The van der Waals surface area contributed by atoms with E-state index < -0.39 is 39.9 Å². The summed E-state index contributed by atoms with van der Waals surface area (Å²) >= 11 is 0. The molecule has 0 heterocycles. The predicted molar refractivity (Wildman–Crippen MR) is 49.1 cm³/mol. The lowest BCUT2D eigenvalue weighted by atomic mass is 9.91. The number of hydrogen-bond acceptors (Lipinski definition) is 3. The van der Waals surface area contributed by atoms with Crippen molar-refractivity contribution in [1.29, 1.82) is 0 Å². The van der Waals surface area contributed by atoms with E-state index in [1.54, 1.807) is 0 Å². The van der Waals surface area contributed by atoms with Crippen LogP contribution in [-0.2, 0) is 5.60 Å². The first kappa shape index (κ1) is 16.1. The van der Waals surface area contributed by atoms with Gasteiger partial charge in [0.1, 0.15) is 5.82 Å². The lowest BCUT2D eigenvalue weighted by Crippen LogP contribution is -2.54. The summed E-state index contributed by atoms with van der Waals surface area (Å²) in [5, 5.41) is 19.3. The van der Waals surface area contributed by atoms with E-state index >= 15 is 0 Å². The number of nitro groups is 1. The molecule has 0 saturated carbocycles. The Kier molecular flexibility index (Phi) is 3.70. The number of rotatable bonds is 2. The van der Waals surface area contributed by atoms with Crippen LogP contribution in [0.2, 0.25) is 0 Å². The fourth-order valence-electron chi connectivity index (χ4n) is 1.37. The minimum Gasteiger partial charge on any atom is -0.369 e. The fraction of sp³-hybridized carbons (Fsp3) is 0.333. The number of benzene rings is 1. The highest BCUT2D eigenvalue weighted by molar-refractivity contribution is 5.40. The summed E-state index contributed by atoms with van der Waals surface area (Å²) in [4.78, 5) is 9.01. The molecule has 0 unspecified atom stereocenters. The van der Waals surface area contributed by atoms with E-state index in [2.05, 4.69) is 0 Å². The zero-order valence-corrected chi connectivity index (χ0v) is 9.09. The van der Waals surface area contributed by atoms with E-state index in [1.165, 1.54) is 0 Å². The van der Waals surface area contributed by atoms with Crippen LogP contribution >= 0.6 is 0 Å². The predicted octanol–water partition coefficient (Wildman–Crippen LogP) is 3.05. The molecule has 1 rings (SSSR count). The number of halogens is 7. The number of non-ortho nitro benzene ring substituents is 1. The maximum absolute atomic E-state index is 13.2. The van der Waals surface area contributed by atoms with Gasteiger partial charge in [-0.25, -0.2) is 4.39 Å². The summed E-state index contributed by atoms with van der Waals surface area (Å²) in [5.74, 6) is -2.08. The van der Waals surface area contributed by atoms with E-state index in [4.69, 9.17) is 5.11 Å². The largest absolute Gasteiger partial charge is 0.430 e. The minimum atomic E-state index is -6.32. The van der Waals surface area contributed by atoms with Crippen molar-refractivity contribution in [2.45, 2.75) is 18.0 Å². The summed E-state index contributed by atoms with van der Waals surface area (Å²) in [5.41, 5.74) is -9.06. The second kappa shape index (κ2) is 4.58. The van der Waals surface area contributed by atoms with Crippen LogP contribution in [0, 0.1) is 15.9 Å². The minimum absolute atomic E-state index is 0.0376. The molecule has 11 heteroatoms. The number of hydrogen-bond donors (Lipinski definition) is 1. The molecule has 0 aromatic heterocycles. The molecule has 0 fully saturated rings. The maximum atomic E-state index is 13.2. The molecule has 0 bridgehead atoms. The number of nitro benzene ring substituents is 1. The molecule has 1 aromatic carbocycles. The van der Waals surface area contributed by atoms with E-state index in [1.807, 2.05) is 0 Å². The number of nitrogens with zero attached hydrogens (tertiary/aromatic N) is 1. The van der Waals surface area contributed by atoms with Gasteiger partial charge >= 0.3 is 12.4 Å². The molecule has 1 N–H and O–H groups in total. The van der Waals surface area contributed by atoms with Crippen LogP contribution in [-0.4, -0.2) is 22.4 Å². The van der Waals surface area contributed by atoms with Gasteiger partial charge in [-0.2, -0.15) is 26.3 Å². The topological polar surface area (TPSA) is 63.4 Å². The third-order valence-corrected chi connectivity index (χ3v) is 2.37. The molecule has 0 spiro atoms. The van der Waals surface area contributed by atoms with Crippen molar-refractivity contribution >= 4 is 5.69 Å². The van der Waals surface area contributed by atoms with Gasteiger partial charge in [-0.15, -0.1) is 0 Å². The van der Waals surface area contributed by atoms with E-state index in [0.29, 0.717) is 6.07 Å². The Morgan fingerprint density at radius 3 is 1.85 bits per heavy atom. The van der Waals surface area contributed by atoms with Gasteiger partial charge in [0.25, 0.3) is 11.3 Å². The smallest absolute Gasteiger partial charge is 0.369 e. The summed E-state index contributed by atoms with van der Waals surface area (Å²) in [6, 6.07) is 0.0955.